The largest absolute Gasteiger partial charge is 0.264 e. The number of para-hydroxylation sites is 1. The monoisotopic (exact) mass is 437 g/mol. The van der Waals surface area contributed by atoms with Crippen molar-refractivity contribution >= 4 is 32.9 Å². The fourth-order valence-electron chi connectivity index (χ4n) is 4.15. The maximum atomic E-state index is 13.7. The molecule has 154 valence electrons. The molecule has 1 heterocycles. The van der Waals surface area contributed by atoms with Gasteiger partial charge in [-0.2, -0.15) is 0 Å². The van der Waals surface area contributed by atoms with Crippen LogP contribution in [0.5, 0.6) is 0 Å². The minimum Gasteiger partial charge on any atom is -0.259 e. The third-order valence-corrected chi connectivity index (χ3v) is 7.68. The highest BCUT2D eigenvalue weighted by Gasteiger charge is 2.38. The predicted octanol–water partition coefficient (Wildman–Crippen LogP) is 6.02. The first kappa shape index (κ1) is 20.7. The third-order valence-electron chi connectivity index (χ3n) is 5.59. The molecule has 3 aromatic carbocycles. The van der Waals surface area contributed by atoms with Crippen LogP contribution in [0.25, 0.3) is 5.57 Å². The molecule has 1 atom stereocenters. The summed E-state index contributed by atoms with van der Waals surface area (Å²) in [5, 5.41) is 0. The van der Waals surface area contributed by atoms with Crippen LogP contribution < -0.4 is 4.31 Å². The van der Waals surface area contributed by atoms with Gasteiger partial charge in [0.05, 0.1) is 16.6 Å². The zero-order valence-corrected chi connectivity index (χ0v) is 18.6. The molecule has 1 aliphatic rings. The van der Waals surface area contributed by atoms with E-state index in [9.17, 15) is 8.42 Å². The molecule has 0 bridgehead atoms. The van der Waals surface area contributed by atoms with Gasteiger partial charge in [-0.15, -0.1) is 11.6 Å². The van der Waals surface area contributed by atoms with Crippen LogP contribution >= 0.6 is 11.6 Å². The minimum absolute atomic E-state index is 0.295. The zero-order chi connectivity index (χ0) is 21.3. The van der Waals surface area contributed by atoms with E-state index in [1.165, 1.54) is 0 Å². The molecule has 3 nitrogen and oxygen atoms in total. The first-order valence-corrected chi connectivity index (χ1v) is 12.0. The summed E-state index contributed by atoms with van der Waals surface area (Å²) in [5.74, 6) is 0.427. The Morgan fingerprint density at radius 1 is 0.900 bits per heavy atom. The first-order chi connectivity index (χ1) is 14.4. The van der Waals surface area contributed by atoms with E-state index in [4.69, 9.17) is 11.6 Å². The van der Waals surface area contributed by atoms with Gasteiger partial charge in [-0.1, -0.05) is 66.2 Å². The van der Waals surface area contributed by atoms with Crippen LogP contribution in [0.3, 0.4) is 0 Å². The predicted molar refractivity (Wildman–Crippen MR) is 125 cm³/mol. The summed E-state index contributed by atoms with van der Waals surface area (Å²) < 4.78 is 29.0. The number of aryl methyl sites for hydroxylation is 1. The van der Waals surface area contributed by atoms with Crippen molar-refractivity contribution in [3.8, 4) is 0 Å². The highest BCUT2D eigenvalue weighted by atomic mass is 35.5. The number of hydrogen-bond donors (Lipinski definition) is 0. The zero-order valence-electron chi connectivity index (χ0n) is 17.0. The molecule has 0 radical (unpaired) electrons. The van der Waals surface area contributed by atoms with Crippen LogP contribution in [0.4, 0.5) is 5.69 Å². The number of sulfonamides is 1. The fourth-order valence-corrected chi connectivity index (χ4v) is 6.02. The van der Waals surface area contributed by atoms with Gasteiger partial charge < -0.3 is 0 Å². The molecule has 0 saturated heterocycles. The van der Waals surface area contributed by atoms with Gasteiger partial charge in [-0.25, -0.2) is 8.42 Å². The molecular formula is C25H24ClNO2S. The van der Waals surface area contributed by atoms with Crippen molar-refractivity contribution in [2.24, 2.45) is 0 Å². The third kappa shape index (κ3) is 3.55. The van der Waals surface area contributed by atoms with Gasteiger partial charge in [0.2, 0.25) is 0 Å². The maximum Gasteiger partial charge on any atom is 0.264 e. The van der Waals surface area contributed by atoms with E-state index in [2.05, 4.69) is 12.1 Å². The molecule has 0 spiro atoms. The average molecular weight is 438 g/mol. The number of benzene rings is 3. The lowest BCUT2D eigenvalue weighted by molar-refractivity contribution is 0.584. The summed E-state index contributed by atoms with van der Waals surface area (Å²) in [7, 11) is -3.74. The Bertz CT molecular complexity index is 1190. The van der Waals surface area contributed by atoms with E-state index < -0.39 is 10.0 Å². The standard InChI is InChI=1S/C25H24ClNO2S/c1-18-12-14-21(15-13-18)30(28,29)27-19(2)22(16-17-26)25(20-8-4-3-5-9-20)23-10-6-7-11-24(23)27/h3-15,19H,16-17H2,1-2H3/t19-/m0/s1. The number of halogens is 1. The number of alkyl halides is 1. The molecule has 0 fully saturated rings. The molecule has 0 unspecified atom stereocenters. The lowest BCUT2D eigenvalue weighted by Gasteiger charge is -2.39. The molecular weight excluding hydrogens is 414 g/mol. The summed E-state index contributed by atoms with van der Waals surface area (Å²) in [5.41, 5.74) is 5.82. The molecule has 4 rings (SSSR count). The fraction of sp³-hybridized carbons (Fsp3) is 0.200. The van der Waals surface area contributed by atoms with E-state index in [-0.39, 0.29) is 6.04 Å². The molecule has 0 N–H and O–H groups in total. The Balaban J connectivity index is 1.96. The van der Waals surface area contributed by atoms with Crippen LogP contribution in [-0.4, -0.2) is 20.3 Å². The van der Waals surface area contributed by atoms with Gasteiger partial charge in [0.1, 0.15) is 0 Å². The van der Waals surface area contributed by atoms with Gasteiger partial charge >= 0.3 is 0 Å². The van der Waals surface area contributed by atoms with Gasteiger partial charge in [-0.3, -0.25) is 4.31 Å². The highest BCUT2D eigenvalue weighted by molar-refractivity contribution is 7.92. The Morgan fingerprint density at radius 3 is 2.20 bits per heavy atom. The van der Waals surface area contributed by atoms with Crippen LogP contribution in [0.15, 0.2) is 89.3 Å². The van der Waals surface area contributed by atoms with Gasteiger partial charge in [-0.05, 0) is 55.2 Å². The summed E-state index contributed by atoms with van der Waals surface area (Å²) in [4.78, 5) is 0.295. The first-order valence-electron chi connectivity index (χ1n) is 10.00. The van der Waals surface area contributed by atoms with Crippen molar-refractivity contribution in [3.63, 3.8) is 0 Å². The quantitative estimate of drug-likeness (QED) is 0.457. The van der Waals surface area contributed by atoms with Crippen molar-refractivity contribution in [1.29, 1.82) is 0 Å². The summed E-state index contributed by atoms with van der Waals surface area (Å²) in [6, 6.07) is 24.5. The second-order valence-corrected chi connectivity index (χ2v) is 9.71. The second kappa shape index (κ2) is 8.29. The number of fused-ring (bicyclic) bond motifs is 1. The van der Waals surface area contributed by atoms with E-state index in [0.717, 1.165) is 27.8 Å². The number of rotatable bonds is 5. The molecule has 0 aromatic heterocycles. The molecule has 1 aliphatic heterocycles. The molecule has 3 aromatic rings. The summed E-state index contributed by atoms with van der Waals surface area (Å²) in [6.45, 7) is 3.90. The normalized spacial score (nSPS) is 16.5. The van der Waals surface area contributed by atoms with E-state index in [1.54, 1.807) is 16.4 Å². The van der Waals surface area contributed by atoms with Crippen molar-refractivity contribution in [3.05, 3.63) is 101 Å². The maximum absolute atomic E-state index is 13.7. The number of anilines is 1. The topological polar surface area (TPSA) is 37.4 Å². The van der Waals surface area contributed by atoms with Gasteiger partial charge in [0.15, 0.2) is 0 Å². The number of nitrogens with zero attached hydrogens (tertiary/aromatic N) is 1. The highest BCUT2D eigenvalue weighted by Crippen LogP contribution is 2.44. The van der Waals surface area contributed by atoms with Crippen LogP contribution in [0.1, 0.15) is 30.0 Å². The van der Waals surface area contributed by atoms with Gasteiger partial charge in [0, 0.05) is 11.4 Å². The molecule has 0 saturated carbocycles. The summed E-state index contributed by atoms with van der Waals surface area (Å²) in [6.07, 6.45) is 0.612. The lowest BCUT2D eigenvalue weighted by atomic mass is 9.85. The van der Waals surface area contributed by atoms with Crippen LogP contribution in [-0.2, 0) is 10.0 Å². The van der Waals surface area contributed by atoms with Crippen molar-refractivity contribution in [2.45, 2.75) is 31.2 Å². The van der Waals surface area contributed by atoms with Crippen molar-refractivity contribution in [1.82, 2.24) is 0 Å². The molecule has 0 aliphatic carbocycles. The average Bonchev–Trinajstić information content (AvgIpc) is 2.75. The lowest BCUT2D eigenvalue weighted by Crippen LogP contribution is -2.43. The second-order valence-electron chi connectivity index (χ2n) is 7.51. The Morgan fingerprint density at radius 2 is 1.53 bits per heavy atom. The Hall–Kier alpha value is -2.56. The number of hydrogen-bond acceptors (Lipinski definition) is 2. The van der Waals surface area contributed by atoms with E-state index in [1.807, 2.05) is 68.4 Å². The van der Waals surface area contributed by atoms with E-state index in [0.29, 0.717) is 22.9 Å². The van der Waals surface area contributed by atoms with E-state index >= 15 is 0 Å². The SMILES string of the molecule is Cc1ccc(S(=O)(=O)N2c3ccccc3C(c3ccccc3)=C(CCCl)[C@@H]2C)cc1. The minimum atomic E-state index is -3.74. The molecule has 5 heteroatoms. The summed E-state index contributed by atoms with van der Waals surface area (Å²) >= 11 is 6.17. The molecule has 30 heavy (non-hydrogen) atoms. The van der Waals surface area contributed by atoms with Crippen LogP contribution in [0.2, 0.25) is 0 Å². The smallest absolute Gasteiger partial charge is 0.259 e. The van der Waals surface area contributed by atoms with Crippen molar-refractivity contribution < 1.29 is 8.42 Å². The van der Waals surface area contributed by atoms with Gasteiger partial charge in [0.25, 0.3) is 10.0 Å². The van der Waals surface area contributed by atoms with Crippen molar-refractivity contribution in [2.75, 3.05) is 10.2 Å². The van der Waals surface area contributed by atoms with Crippen LogP contribution in [0, 0.1) is 6.92 Å². The Kier molecular flexibility index (Phi) is 5.72. The molecule has 0 amide bonds. The Labute approximate surface area is 183 Å².